The van der Waals surface area contributed by atoms with Crippen LogP contribution in [0.2, 0.25) is 0 Å². The number of nitrogens with zero attached hydrogens (tertiary/aromatic N) is 1. The van der Waals surface area contributed by atoms with Gasteiger partial charge in [0.25, 0.3) is 0 Å². The molecule has 102 valence electrons. The summed E-state index contributed by atoms with van der Waals surface area (Å²) in [5, 5.41) is 0. The van der Waals surface area contributed by atoms with Gasteiger partial charge in [-0.3, -0.25) is 0 Å². The number of benzene rings is 1. The highest BCUT2D eigenvalue weighted by atomic mass is 32.1. The molecule has 1 aromatic heterocycles. The summed E-state index contributed by atoms with van der Waals surface area (Å²) in [6, 6.07) is 10.2. The first-order valence-corrected chi connectivity index (χ1v) is 7.28. The van der Waals surface area contributed by atoms with Gasteiger partial charge in [0.15, 0.2) is 0 Å². The summed E-state index contributed by atoms with van der Waals surface area (Å²) in [5.74, 6) is 0. The first-order valence-electron chi connectivity index (χ1n) is 6.40. The Morgan fingerprint density at radius 1 is 1.21 bits per heavy atom. The Labute approximate surface area is 118 Å². The number of ether oxygens (including phenoxy) is 2. The maximum Gasteiger partial charge on any atom is 0.0908 e. The molecule has 3 nitrogen and oxygen atoms in total. The van der Waals surface area contributed by atoms with Crippen LogP contribution in [0.5, 0.6) is 0 Å². The molecule has 0 aliphatic heterocycles. The number of aromatic nitrogens is 1. The molecule has 0 aliphatic rings. The number of hydrogen-bond donors (Lipinski definition) is 0. The molecule has 4 heteroatoms. The lowest BCUT2D eigenvalue weighted by atomic mass is 10.2. The van der Waals surface area contributed by atoms with E-state index in [0.29, 0.717) is 19.8 Å². The van der Waals surface area contributed by atoms with Crippen LogP contribution >= 0.6 is 11.3 Å². The minimum Gasteiger partial charge on any atom is -0.374 e. The normalized spacial score (nSPS) is 12.5. The third-order valence-electron chi connectivity index (χ3n) is 2.86. The van der Waals surface area contributed by atoms with Crippen LogP contribution in [0.25, 0.3) is 0 Å². The van der Waals surface area contributed by atoms with Crippen molar-refractivity contribution in [2.45, 2.75) is 26.6 Å². The van der Waals surface area contributed by atoms with Gasteiger partial charge in [0.05, 0.1) is 42.0 Å². The number of rotatable bonds is 7. The first kappa shape index (κ1) is 14.2. The predicted octanol–water partition coefficient (Wildman–Crippen LogP) is 3.75. The average Bonchev–Trinajstić information content (AvgIpc) is 2.86. The number of hydrogen-bond acceptors (Lipinski definition) is 4. The summed E-state index contributed by atoms with van der Waals surface area (Å²) in [7, 11) is 0. The fourth-order valence-corrected chi connectivity index (χ4v) is 2.63. The second-order valence-electron chi connectivity index (χ2n) is 4.35. The lowest BCUT2D eigenvalue weighted by molar-refractivity contribution is 0.00762. The Morgan fingerprint density at radius 2 is 2.00 bits per heavy atom. The molecule has 1 heterocycles. The summed E-state index contributed by atoms with van der Waals surface area (Å²) < 4.78 is 11.3. The highest BCUT2D eigenvalue weighted by Gasteiger charge is 2.10. The zero-order chi connectivity index (χ0) is 13.5. The molecule has 1 unspecified atom stereocenters. The molecule has 0 saturated heterocycles. The van der Waals surface area contributed by atoms with Crippen molar-refractivity contribution in [1.82, 2.24) is 4.98 Å². The fourth-order valence-electron chi connectivity index (χ4n) is 1.82. The molecule has 0 amide bonds. The lowest BCUT2D eigenvalue weighted by Crippen LogP contribution is -2.07. The van der Waals surface area contributed by atoms with E-state index < -0.39 is 0 Å². The molecule has 2 rings (SSSR count). The van der Waals surface area contributed by atoms with Gasteiger partial charge in [0.2, 0.25) is 0 Å². The van der Waals surface area contributed by atoms with Gasteiger partial charge in [-0.15, -0.1) is 11.3 Å². The van der Waals surface area contributed by atoms with E-state index in [4.69, 9.17) is 9.47 Å². The Hall–Kier alpha value is -1.23. The summed E-state index contributed by atoms with van der Waals surface area (Å²) in [5.41, 5.74) is 4.10. The zero-order valence-electron chi connectivity index (χ0n) is 11.3. The molecule has 0 saturated carbocycles. The summed E-state index contributed by atoms with van der Waals surface area (Å²) in [6.45, 7) is 5.91. The second kappa shape index (κ2) is 7.38. The molecule has 1 atom stereocenters. The predicted molar refractivity (Wildman–Crippen MR) is 77.3 cm³/mol. The molecule has 1 aromatic carbocycles. The minimum absolute atomic E-state index is 0.0906. The largest absolute Gasteiger partial charge is 0.374 e. The van der Waals surface area contributed by atoms with Gasteiger partial charge < -0.3 is 9.47 Å². The van der Waals surface area contributed by atoms with E-state index in [2.05, 4.69) is 24.0 Å². The van der Waals surface area contributed by atoms with Crippen LogP contribution in [-0.2, 0) is 16.1 Å². The van der Waals surface area contributed by atoms with Crippen LogP contribution in [0.3, 0.4) is 0 Å². The van der Waals surface area contributed by atoms with Crippen LogP contribution < -0.4 is 0 Å². The Kier molecular flexibility index (Phi) is 5.51. The van der Waals surface area contributed by atoms with Crippen LogP contribution in [0.4, 0.5) is 0 Å². The summed E-state index contributed by atoms with van der Waals surface area (Å²) >= 11 is 1.64. The van der Waals surface area contributed by atoms with Crippen molar-refractivity contribution < 1.29 is 9.47 Å². The van der Waals surface area contributed by atoms with Gasteiger partial charge in [-0.2, -0.15) is 0 Å². The summed E-state index contributed by atoms with van der Waals surface area (Å²) in [4.78, 5) is 5.43. The van der Waals surface area contributed by atoms with E-state index in [-0.39, 0.29) is 6.10 Å². The van der Waals surface area contributed by atoms with E-state index in [1.54, 1.807) is 11.3 Å². The Bertz CT molecular complexity index is 484. The smallest absolute Gasteiger partial charge is 0.0908 e. The second-order valence-corrected chi connectivity index (χ2v) is 5.24. The zero-order valence-corrected chi connectivity index (χ0v) is 12.2. The van der Waals surface area contributed by atoms with Gasteiger partial charge >= 0.3 is 0 Å². The van der Waals surface area contributed by atoms with E-state index in [1.807, 2.05) is 30.6 Å². The average molecular weight is 277 g/mol. The number of thiazole rings is 1. The maximum atomic E-state index is 5.75. The minimum atomic E-state index is 0.0906. The first-order chi connectivity index (χ1) is 9.27. The molecule has 0 aliphatic carbocycles. The quantitative estimate of drug-likeness (QED) is 0.722. The van der Waals surface area contributed by atoms with Crippen molar-refractivity contribution in [1.29, 1.82) is 0 Å². The maximum absolute atomic E-state index is 5.75. The van der Waals surface area contributed by atoms with Gasteiger partial charge in [-0.1, -0.05) is 30.3 Å². The molecular weight excluding hydrogens is 258 g/mol. The van der Waals surface area contributed by atoms with Gasteiger partial charge in [0.1, 0.15) is 0 Å². The molecule has 0 spiro atoms. The van der Waals surface area contributed by atoms with Crippen molar-refractivity contribution in [2.24, 2.45) is 0 Å². The number of aryl methyl sites for hydroxylation is 1. The molecule has 0 fully saturated rings. The highest BCUT2D eigenvalue weighted by molar-refractivity contribution is 7.09. The lowest BCUT2D eigenvalue weighted by Gasteiger charge is -2.12. The van der Waals surface area contributed by atoms with E-state index in [0.717, 1.165) is 5.69 Å². The van der Waals surface area contributed by atoms with Crippen molar-refractivity contribution in [3.8, 4) is 0 Å². The molecule has 19 heavy (non-hydrogen) atoms. The molecule has 0 radical (unpaired) electrons. The van der Waals surface area contributed by atoms with Gasteiger partial charge in [-0.05, 0) is 19.4 Å². The standard InChI is InChI=1S/C15H19NO2S/c1-12-15(19-11-16-12)13(2)18-9-8-17-10-14-6-4-3-5-7-14/h3-7,11,13H,8-10H2,1-2H3. The van der Waals surface area contributed by atoms with Crippen molar-refractivity contribution in [3.05, 3.63) is 52.0 Å². The van der Waals surface area contributed by atoms with Crippen LogP contribution in [-0.4, -0.2) is 18.2 Å². The summed E-state index contributed by atoms with van der Waals surface area (Å²) in [6.07, 6.45) is 0.0906. The van der Waals surface area contributed by atoms with E-state index in [1.165, 1.54) is 10.4 Å². The SMILES string of the molecule is Cc1ncsc1C(C)OCCOCc1ccccc1. The van der Waals surface area contributed by atoms with Crippen molar-refractivity contribution in [2.75, 3.05) is 13.2 Å². The van der Waals surface area contributed by atoms with E-state index >= 15 is 0 Å². The topological polar surface area (TPSA) is 31.4 Å². The van der Waals surface area contributed by atoms with E-state index in [9.17, 15) is 0 Å². The van der Waals surface area contributed by atoms with Crippen LogP contribution in [0.1, 0.15) is 29.2 Å². The Balaban J connectivity index is 1.63. The van der Waals surface area contributed by atoms with Gasteiger partial charge in [-0.25, -0.2) is 4.98 Å². The highest BCUT2D eigenvalue weighted by Crippen LogP contribution is 2.23. The monoisotopic (exact) mass is 277 g/mol. The van der Waals surface area contributed by atoms with Crippen molar-refractivity contribution >= 4 is 11.3 Å². The molecule has 0 N–H and O–H groups in total. The fraction of sp³-hybridized carbons (Fsp3) is 0.400. The third kappa shape index (κ3) is 4.42. The molecule has 2 aromatic rings. The Morgan fingerprint density at radius 3 is 2.68 bits per heavy atom. The molecule has 0 bridgehead atoms. The third-order valence-corrected chi connectivity index (χ3v) is 3.95. The van der Waals surface area contributed by atoms with Gasteiger partial charge in [0, 0.05) is 0 Å². The van der Waals surface area contributed by atoms with Crippen LogP contribution in [0, 0.1) is 6.92 Å². The molecular formula is C15H19NO2S. The van der Waals surface area contributed by atoms with Crippen molar-refractivity contribution in [3.63, 3.8) is 0 Å². The van der Waals surface area contributed by atoms with Crippen LogP contribution in [0.15, 0.2) is 35.8 Å².